The van der Waals surface area contributed by atoms with E-state index < -0.39 is 0 Å². The molecule has 0 aliphatic rings. The summed E-state index contributed by atoms with van der Waals surface area (Å²) in [7, 11) is 1.60. The molecule has 0 unspecified atom stereocenters. The lowest BCUT2D eigenvalue weighted by Crippen LogP contribution is -2.18. The molecule has 3 N–H and O–H groups in total. The van der Waals surface area contributed by atoms with Crippen LogP contribution in [-0.4, -0.2) is 27.9 Å². The lowest BCUT2D eigenvalue weighted by atomic mass is 10.2. The zero-order valence-corrected chi connectivity index (χ0v) is 13.0. The number of H-pyrrole nitrogens is 1. The monoisotopic (exact) mass is 317 g/mol. The van der Waals surface area contributed by atoms with Gasteiger partial charge in [0, 0.05) is 18.6 Å². The Kier molecular flexibility index (Phi) is 3.35. The first-order chi connectivity index (χ1) is 11.7. The lowest BCUT2D eigenvalue weighted by Gasteiger charge is -2.03. The number of fused-ring (bicyclic) bond motifs is 2. The van der Waals surface area contributed by atoms with E-state index in [1.165, 1.54) is 0 Å². The van der Waals surface area contributed by atoms with Gasteiger partial charge in [0.1, 0.15) is 11.3 Å². The van der Waals surface area contributed by atoms with Gasteiger partial charge in [-0.15, -0.1) is 0 Å². The summed E-state index contributed by atoms with van der Waals surface area (Å²) in [4.78, 5) is 24.0. The molecule has 0 aliphatic heterocycles. The fourth-order valence-corrected chi connectivity index (χ4v) is 2.68. The predicted molar refractivity (Wildman–Crippen MR) is 94.5 cm³/mol. The minimum atomic E-state index is -0.164. The van der Waals surface area contributed by atoms with Crippen molar-refractivity contribution in [2.75, 3.05) is 12.4 Å². The quantitative estimate of drug-likeness (QED) is 0.542. The number of para-hydroxylation sites is 1. The maximum absolute atomic E-state index is 11.9. The summed E-state index contributed by atoms with van der Waals surface area (Å²) in [5, 5.41) is 7.96. The van der Waals surface area contributed by atoms with Crippen molar-refractivity contribution in [3.8, 4) is 0 Å². The minimum Gasteiger partial charge on any atom is -0.355 e. The molecule has 2 aromatic carbocycles. The molecule has 0 bridgehead atoms. The van der Waals surface area contributed by atoms with Gasteiger partial charge in [0.15, 0.2) is 0 Å². The van der Waals surface area contributed by atoms with E-state index in [1.54, 1.807) is 13.1 Å². The van der Waals surface area contributed by atoms with Gasteiger partial charge in [-0.1, -0.05) is 30.3 Å². The van der Waals surface area contributed by atoms with Crippen LogP contribution in [0.2, 0.25) is 0 Å². The number of nitrogens with one attached hydrogen (secondary N) is 3. The van der Waals surface area contributed by atoms with Crippen LogP contribution >= 0.6 is 0 Å². The SMILES string of the molecule is CNC(=O)c1cccc2[nH]c(Nc3cc4ccccc4cn3)nc12. The second-order valence-electron chi connectivity index (χ2n) is 5.41. The molecule has 2 heterocycles. The summed E-state index contributed by atoms with van der Waals surface area (Å²) >= 11 is 0. The Morgan fingerprint density at radius 3 is 2.75 bits per heavy atom. The maximum Gasteiger partial charge on any atom is 0.253 e. The highest BCUT2D eigenvalue weighted by Gasteiger charge is 2.12. The Hall–Kier alpha value is -3.41. The van der Waals surface area contributed by atoms with Crippen molar-refractivity contribution < 1.29 is 4.79 Å². The van der Waals surface area contributed by atoms with Gasteiger partial charge in [-0.25, -0.2) is 9.97 Å². The van der Waals surface area contributed by atoms with Gasteiger partial charge in [0.2, 0.25) is 5.95 Å². The maximum atomic E-state index is 11.9. The number of anilines is 2. The number of carbonyl (C=O) groups excluding carboxylic acids is 1. The van der Waals surface area contributed by atoms with Gasteiger partial charge < -0.3 is 15.6 Å². The number of rotatable bonds is 3. The number of hydrogen-bond donors (Lipinski definition) is 3. The highest BCUT2D eigenvalue weighted by Crippen LogP contribution is 2.22. The van der Waals surface area contributed by atoms with Gasteiger partial charge in [-0.2, -0.15) is 0 Å². The molecule has 0 aliphatic carbocycles. The van der Waals surface area contributed by atoms with Crippen molar-refractivity contribution >= 4 is 39.5 Å². The van der Waals surface area contributed by atoms with Crippen LogP contribution in [0.1, 0.15) is 10.4 Å². The average molecular weight is 317 g/mol. The summed E-state index contributed by atoms with van der Waals surface area (Å²) in [6.07, 6.45) is 1.82. The number of carbonyl (C=O) groups is 1. The number of nitrogens with zero attached hydrogens (tertiary/aromatic N) is 2. The molecule has 2 aromatic heterocycles. The van der Waals surface area contributed by atoms with Crippen LogP contribution < -0.4 is 10.6 Å². The van der Waals surface area contributed by atoms with Crippen LogP contribution in [0.5, 0.6) is 0 Å². The molecule has 0 fully saturated rings. The highest BCUT2D eigenvalue weighted by molar-refractivity contribution is 6.05. The first kappa shape index (κ1) is 14.2. The Morgan fingerprint density at radius 2 is 1.92 bits per heavy atom. The van der Waals surface area contributed by atoms with Gasteiger partial charge in [0.25, 0.3) is 5.91 Å². The summed E-state index contributed by atoms with van der Waals surface area (Å²) in [6.45, 7) is 0. The minimum absolute atomic E-state index is 0.164. The third kappa shape index (κ3) is 2.44. The number of imidazole rings is 1. The summed E-state index contributed by atoms with van der Waals surface area (Å²) in [5.74, 6) is 1.07. The van der Waals surface area contributed by atoms with Crippen molar-refractivity contribution in [2.24, 2.45) is 0 Å². The molecule has 6 heteroatoms. The molecule has 24 heavy (non-hydrogen) atoms. The molecule has 118 valence electrons. The Bertz CT molecular complexity index is 1050. The van der Waals surface area contributed by atoms with Crippen LogP contribution in [0, 0.1) is 0 Å². The van der Waals surface area contributed by atoms with Gasteiger partial charge in [-0.05, 0) is 23.6 Å². The topological polar surface area (TPSA) is 82.7 Å². The Morgan fingerprint density at radius 1 is 1.08 bits per heavy atom. The first-order valence-corrected chi connectivity index (χ1v) is 7.57. The van der Waals surface area contributed by atoms with E-state index in [1.807, 2.05) is 48.7 Å². The molecule has 4 rings (SSSR count). The molecule has 0 spiro atoms. The molecule has 0 saturated carbocycles. The molecule has 1 amide bonds. The van der Waals surface area contributed by atoms with Crippen molar-refractivity contribution in [1.82, 2.24) is 20.3 Å². The predicted octanol–water partition coefficient (Wildman–Crippen LogP) is 3.21. The summed E-state index contributed by atoms with van der Waals surface area (Å²) in [6, 6.07) is 15.4. The van der Waals surface area contributed by atoms with E-state index in [2.05, 4.69) is 25.6 Å². The third-order valence-corrected chi connectivity index (χ3v) is 3.86. The number of benzene rings is 2. The van der Waals surface area contributed by atoms with Crippen LogP contribution in [0.3, 0.4) is 0 Å². The van der Waals surface area contributed by atoms with Crippen LogP contribution in [0.4, 0.5) is 11.8 Å². The van der Waals surface area contributed by atoms with Gasteiger partial charge in [0.05, 0.1) is 11.1 Å². The normalized spacial score (nSPS) is 10.9. The Labute approximate surface area is 137 Å². The highest BCUT2D eigenvalue weighted by atomic mass is 16.1. The zero-order chi connectivity index (χ0) is 16.5. The Balaban J connectivity index is 1.72. The van der Waals surface area contributed by atoms with E-state index in [-0.39, 0.29) is 5.91 Å². The van der Waals surface area contributed by atoms with Gasteiger partial charge >= 0.3 is 0 Å². The molecule has 0 saturated heterocycles. The molecular weight excluding hydrogens is 302 g/mol. The number of aromatic amines is 1. The van der Waals surface area contributed by atoms with E-state index in [9.17, 15) is 4.79 Å². The van der Waals surface area contributed by atoms with Crippen molar-refractivity contribution in [3.05, 3.63) is 60.3 Å². The van der Waals surface area contributed by atoms with Gasteiger partial charge in [-0.3, -0.25) is 4.79 Å². The molecule has 4 aromatic rings. The first-order valence-electron chi connectivity index (χ1n) is 7.57. The van der Waals surface area contributed by atoms with Crippen molar-refractivity contribution in [2.45, 2.75) is 0 Å². The van der Waals surface area contributed by atoms with Crippen molar-refractivity contribution in [1.29, 1.82) is 0 Å². The zero-order valence-electron chi connectivity index (χ0n) is 13.0. The fraction of sp³-hybridized carbons (Fsp3) is 0.0556. The summed E-state index contributed by atoms with van der Waals surface area (Å²) in [5.41, 5.74) is 1.95. The standard InChI is InChI=1S/C18H15N5O/c1-19-17(24)13-7-4-8-14-16(13)23-18(21-14)22-15-9-11-5-2-3-6-12(11)10-20-15/h2-10H,1H3,(H,19,24)(H2,20,21,22,23). The van der Waals surface area contributed by atoms with E-state index in [0.717, 1.165) is 16.3 Å². The van der Waals surface area contributed by atoms with E-state index >= 15 is 0 Å². The fourth-order valence-electron chi connectivity index (χ4n) is 2.68. The van der Waals surface area contributed by atoms with E-state index in [0.29, 0.717) is 22.8 Å². The largest absolute Gasteiger partial charge is 0.355 e. The number of aromatic nitrogens is 3. The molecular formula is C18H15N5O. The summed E-state index contributed by atoms with van der Waals surface area (Å²) < 4.78 is 0. The second kappa shape index (κ2) is 5.66. The van der Waals surface area contributed by atoms with E-state index in [4.69, 9.17) is 0 Å². The number of hydrogen-bond acceptors (Lipinski definition) is 4. The molecule has 0 atom stereocenters. The van der Waals surface area contributed by atoms with Crippen molar-refractivity contribution in [3.63, 3.8) is 0 Å². The smallest absolute Gasteiger partial charge is 0.253 e. The van der Waals surface area contributed by atoms with Crippen LogP contribution in [0.25, 0.3) is 21.8 Å². The number of amides is 1. The molecule has 0 radical (unpaired) electrons. The third-order valence-electron chi connectivity index (χ3n) is 3.86. The average Bonchev–Trinajstić information content (AvgIpc) is 3.03. The van der Waals surface area contributed by atoms with Crippen LogP contribution in [0.15, 0.2) is 54.7 Å². The van der Waals surface area contributed by atoms with Crippen LogP contribution in [-0.2, 0) is 0 Å². The second-order valence-corrected chi connectivity index (χ2v) is 5.41. The molecule has 6 nitrogen and oxygen atoms in total. The lowest BCUT2D eigenvalue weighted by molar-refractivity contribution is 0.0964. The number of pyridine rings is 1.